The Labute approximate surface area is 175 Å². The Morgan fingerprint density at radius 1 is 1.10 bits per heavy atom. The van der Waals surface area contributed by atoms with Gasteiger partial charge < -0.3 is 20.1 Å². The van der Waals surface area contributed by atoms with Gasteiger partial charge in [-0.1, -0.05) is 30.3 Å². The number of phenols is 1. The summed E-state index contributed by atoms with van der Waals surface area (Å²) in [6.07, 6.45) is 1.23. The Balaban J connectivity index is 1.42. The number of carbonyl (C=O) groups is 3. The summed E-state index contributed by atoms with van der Waals surface area (Å²) >= 11 is 0. The van der Waals surface area contributed by atoms with E-state index in [1.165, 1.54) is 25.1 Å². The van der Waals surface area contributed by atoms with Crippen LogP contribution in [0.4, 0.5) is 4.79 Å². The molecule has 0 aromatic heterocycles. The average molecular weight is 410 g/mol. The third-order valence-electron chi connectivity index (χ3n) is 5.27. The predicted octanol–water partition coefficient (Wildman–Crippen LogP) is 3.37. The summed E-state index contributed by atoms with van der Waals surface area (Å²) < 4.78 is 5.37. The number of benzene rings is 2. The maximum Gasteiger partial charge on any atom is 0.410 e. The van der Waals surface area contributed by atoms with Crippen molar-refractivity contribution in [3.63, 3.8) is 0 Å². The van der Waals surface area contributed by atoms with Crippen molar-refractivity contribution in [3.8, 4) is 5.75 Å². The zero-order valence-electron chi connectivity index (χ0n) is 17.0. The maximum atomic E-state index is 12.4. The largest absolute Gasteiger partial charge is 0.507 e. The first kappa shape index (κ1) is 21.4. The molecule has 1 fully saturated rings. The molecule has 1 aliphatic heterocycles. The predicted molar refractivity (Wildman–Crippen MR) is 111 cm³/mol. The van der Waals surface area contributed by atoms with Crippen LogP contribution in [-0.4, -0.2) is 47.4 Å². The van der Waals surface area contributed by atoms with Crippen molar-refractivity contribution >= 4 is 17.8 Å². The maximum absolute atomic E-state index is 12.4. The molecule has 7 nitrogen and oxygen atoms in total. The molecule has 2 N–H and O–H groups in total. The smallest absolute Gasteiger partial charge is 0.410 e. The number of nitrogens with zero attached hydrogens (tertiary/aromatic N) is 1. The molecule has 0 aliphatic carbocycles. The van der Waals surface area contributed by atoms with E-state index in [4.69, 9.17) is 4.74 Å². The van der Waals surface area contributed by atoms with Crippen molar-refractivity contribution in [1.82, 2.24) is 10.2 Å². The second-order valence-corrected chi connectivity index (χ2v) is 7.47. The van der Waals surface area contributed by atoms with Crippen molar-refractivity contribution < 1.29 is 24.2 Å². The highest BCUT2D eigenvalue weighted by Crippen LogP contribution is 2.20. The van der Waals surface area contributed by atoms with Crippen LogP contribution in [0.1, 0.15) is 46.0 Å². The minimum atomic E-state index is -0.317. The van der Waals surface area contributed by atoms with Crippen molar-refractivity contribution in [2.45, 2.75) is 26.4 Å². The summed E-state index contributed by atoms with van der Waals surface area (Å²) in [5.74, 6) is -0.460. The summed E-state index contributed by atoms with van der Waals surface area (Å²) in [5.41, 5.74) is 1.41. The first-order valence-corrected chi connectivity index (χ1v) is 10.0. The van der Waals surface area contributed by atoms with Gasteiger partial charge in [-0.3, -0.25) is 9.59 Å². The average Bonchev–Trinajstić information content (AvgIpc) is 2.77. The molecule has 0 bridgehead atoms. The second kappa shape index (κ2) is 9.91. The molecule has 1 aliphatic rings. The topological polar surface area (TPSA) is 95.9 Å². The zero-order valence-corrected chi connectivity index (χ0v) is 17.0. The standard InChI is InChI=1S/C23H26N2O5/c1-16(26)20-13-19(7-8-21(20)27)22(28)24-14-17-9-11-25(12-10-17)23(29)30-15-18-5-3-2-4-6-18/h2-8,13,17,27H,9-12,14-15H2,1H3,(H,24,28). The Morgan fingerprint density at radius 3 is 2.47 bits per heavy atom. The molecular formula is C23H26N2O5. The normalized spacial score (nSPS) is 14.2. The van der Waals surface area contributed by atoms with Gasteiger partial charge in [-0.05, 0) is 49.4 Å². The molecule has 0 unspecified atom stereocenters. The minimum Gasteiger partial charge on any atom is -0.507 e. The van der Waals surface area contributed by atoms with E-state index in [0.717, 1.165) is 18.4 Å². The number of amides is 2. The Bertz CT molecular complexity index is 905. The van der Waals surface area contributed by atoms with Gasteiger partial charge in [-0.25, -0.2) is 4.79 Å². The third-order valence-corrected chi connectivity index (χ3v) is 5.27. The first-order chi connectivity index (χ1) is 14.4. The number of ether oxygens (including phenoxy) is 1. The fourth-order valence-corrected chi connectivity index (χ4v) is 3.43. The Hall–Kier alpha value is -3.35. The summed E-state index contributed by atoms with van der Waals surface area (Å²) in [6, 6.07) is 13.8. The van der Waals surface area contributed by atoms with Gasteiger partial charge in [0.15, 0.2) is 5.78 Å². The van der Waals surface area contributed by atoms with Crippen LogP contribution in [0.2, 0.25) is 0 Å². The first-order valence-electron chi connectivity index (χ1n) is 10.0. The quantitative estimate of drug-likeness (QED) is 0.712. The lowest BCUT2D eigenvalue weighted by Crippen LogP contribution is -2.41. The molecule has 1 heterocycles. The van der Waals surface area contributed by atoms with Gasteiger partial charge in [-0.2, -0.15) is 0 Å². The number of ketones is 1. The highest BCUT2D eigenvalue weighted by Gasteiger charge is 2.24. The highest BCUT2D eigenvalue weighted by atomic mass is 16.6. The molecule has 1 saturated heterocycles. The number of carbonyl (C=O) groups excluding carboxylic acids is 3. The van der Waals surface area contributed by atoms with E-state index < -0.39 is 0 Å². The summed E-state index contributed by atoms with van der Waals surface area (Å²) in [4.78, 5) is 37.8. The van der Waals surface area contributed by atoms with E-state index in [-0.39, 0.29) is 41.6 Å². The molecule has 0 atom stereocenters. The van der Waals surface area contributed by atoms with Crippen molar-refractivity contribution in [3.05, 3.63) is 65.2 Å². The number of hydrogen-bond acceptors (Lipinski definition) is 5. The molecule has 2 aromatic carbocycles. The molecule has 3 rings (SSSR count). The van der Waals surface area contributed by atoms with Gasteiger partial charge >= 0.3 is 6.09 Å². The highest BCUT2D eigenvalue weighted by molar-refractivity contribution is 6.01. The Kier molecular flexibility index (Phi) is 7.06. The molecule has 2 aromatic rings. The number of rotatable bonds is 6. The molecule has 0 radical (unpaired) electrons. The van der Waals surface area contributed by atoms with Crippen LogP contribution in [0.25, 0.3) is 0 Å². The lowest BCUT2D eigenvalue weighted by molar-refractivity contribution is 0.0800. The molecule has 158 valence electrons. The number of aromatic hydroxyl groups is 1. The third kappa shape index (κ3) is 5.59. The van der Waals surface area contributed by atoms with Gasteiger partial charge in [0, 0.05) is 25.2 Å². The fraction of sp³-hybridized carbons (Fsp3) is 0.348. The van der Waals surface area contributed by atoms with E-state index in [9.17, 15) is 19.5 Å². The van der Waals surface area contributed by atoms with E-state index in [1.807, 2.05) is 30.3 Å². The van der Waals surface area contributed by atoms with Gasteiger partial charge in [-0.15, -0.1) is 0 Å². The van der Waals surface area contributed by atoms with Crippen LogP contribution in [0, 0.1) is 5.92 Å². The molecule has 30 heavy (non-hydrogen) atoms. The van der Waals surface area contributed by atoms with Crippen LogP contribution >= 0.6 is 0 Å². The van der Waals surface area contributed by atoms with E-state index >= 15 is 0 Å². The number of Topliss-reactive ketones (excluding diaryl/α,β-unsaturated/α-hetero) is 1. The fourth-order valence-electron chi connectivity index (χ4n) is 3.43. The van der Waals surface area contributed by atoms with E-state index in [2.05, 4.69) is 5.32 Å². The summed E-state index contributed by atoms with van der Waals surface area (Å²) in [5, 5.41) is 12.6. The lowest BCUT2D eigenvalue weighted by Gasteiger charge is -2.31. The summed E-state index contributed by atoms with van der Waals surface area (Å²) in [6.45, 7) is 3.26. The van der Waals surface area contributed by atoms with Gasteiger partial charge in [0.05, 0.1) is 5.56 Å². The van der Waals surface area contributed by atoms with Crippen LogP contribution in [-0.2, 0) is 11.3 Å². The van der Waals surface area contributed by atoms with Crippen LogP contribution in [0.3, 0.4) is 0 Å². The van der Waals surface area contributed by atoms with Crippen LogP contribution in [0.15, 0.2) is 48.5 Å². The summed E-state index contributed by atoms with van der Waals surface area (Å²) in [7, 11) is 0. The molecule has 2 amide bonds. The monoisotopic (exact) mass is 410 g/mol. The Morgan fingerprint density at radius 2 is 1.80 bits per heavy atom. The van der Waals surface area contributed by atoms with Crippen molar-refractivity contribution in [2.75, 3.05) is 19.6 Å². The SMILES string of the molecule is CC(=O)c1cc(C(=O)NCC2CCN(C(=O)OCc3ccccc3)CC2)ccc1O. The zero-order chi connectivity index (χ0) is 21.5. The van der Waals surface area contributed by atoms with Crippen molar-refractivity contribution in [1.29, 1.82) is 0 Å². The lowest BCUT2D eigenvalue weighted by atomic mass is 9.97. The van der Waals surface area contributed by atoms with Crippen LogP contribution in [0.5, 0.6) is 5.75 Å². The van der Waals surface area contributed by atoms with E-state index in [1.54, 1.807) is 4.90 Å². The molecule has 7 heteroatoms. The van der Waals surface area contributed by atoms with Crippen molar-refractivity contribution in [2.24, 2.45) is 5.92 Å². The van der Waals surface area contributed by atoms with Gasteiger partial charge in [0.1, 0.15) is 12.4 Å². The molecular weight excluding hydrogens is 384 g/mol. The van der Waals surface area contributed by atoms with Gasteiger partial charge in [0.2, 0.25) is 0 Å². The number of nitrogens with one attached hydrogen (secondary N) is 1. The number of likely N-dealkylation sites (tertiary alicyclic amines) is 1. The number of phenolic OH excluding ortho intramolecular Hbond substituents is 1. The van der Waals surface area contributed by atoms with Gasteiger partial charge in [0.25, 0.3) is 5.91 Å². The van der Waals surface area contributed by atoms with E-state index in [0.29, 0.717) is 25.2 Å². The number of hydrogen-bond donors (Lipinski definition) is 2. The minimum absolute atomic E-state index is 0.130. The molecule has 0 spiro atoms. The van der Waals surface area contributed by atoms with Crippen LogP contribution < -0.4 is 5.32 Å². The number of piperidine rings is 1. The molecule has 0 saturated carbocycles. The second-order valence-electron chi connectivity index (χ2n) is 7.47.